The van der Waals surface area contributed by atoms with E-state index in [1.165, 1.54) is 6.42 Å². The first kappa shape index (κ1) is 23.2. The topological polar surface area (TPSA) is 66.0 Å². The van der Waals surface area contributed by atoms with Crippen LogP contribution in [-0.4, -0.2) is 63.7 Å². The van der Waals surface area contributed by atoms with Gasteiger partial charge in [0.2, 0.25) is 0 Å². The van der Waals surface area contributed by atoms with Crippen molar-refractivity contribution in [1.29, 1.82) is 0 Å². The second kappa shape index (κ2) is 10.6. The van der Waals surface area contributed by atoms with E-state index in [1.54, 1.807) is 26.0 Å². The number of amides is 1. The zero-order chi connectivity index (χ0) is 21.4. The fourth-order valence-corrected chi connectivity index (χ4v) is 3.90. The Morgan fingerprint density at radius 1 is 1.28 bits per heavy atom. The average molecular weight is 403 g/mol. The molecule has 1 amide bonds. The van der Waals surface area contributed by atoms with Crippen LogP contribution in [0.4, 0.5) is 0 Å². The fraction of sp³-hybridized carbons (Fsp3) is 0.652. The molecule has 0 spiro atoms. The number of carbonyl (C=O) groups excluding carboxylic acids is 1. The minimum atomic E-state index is 0.0281. The molecule has 2 N–H and O–H groups in total. The second-order valence-electron chi connectivity index (χ2n) is 9.09. The van der Waals surface area contributed by atoms with Gasteiger partial charge in [-0.25, -0.2) is 0 Å². The van der Waals surface area contributed by atoms with Crippen molar-refractivity contribution < 1.29 is 9.53 Å². The van der Waals surface area contributed by atoms with Gasteiger partial charge in [-0.2, -0.15) is 0 Å². The highest BCUT2D eigenvalue weighted by atomic mass is 16.5. The third-order valence-corrected chi connectivity index (χ3v) is 5.34. The fourth-order valence-electron chi connectivity index (χ4n) is 3.90. The Morgan fingerprint density at radius 3 is 2.69 bits per heavy atom. The number of guanidine groups is 1. The van der Waals surface area contributed by atoms with E-state index in [0.717, 1.165) is 49.6 Å². The normalized spacial score (nSPS) is 20.3. The van der Waals surface area contributed by atoms with Crippen LogP contribution in [0.25, 0.3) is 0 Å². The van der Waals surface area contributed by atoms with Crippen LogP contribution in [0.3, 0.4) is 0 Å². The molecule has 1 aromatic carbocycles. The number of hydrogen-bond acceptors (Lipinski definition) is 3. The van der Waals surface area contributed by atoms with E-state index in [-0.39, 0.29) is 17.4 Å². The molecule has 1 aromatic rings. The molecule has 2 rings (SSSR count). The van der Waals surface area contributed by atoms with Gasteiger partial charge < -0.3 is 20.3 Å². The standard InChI is InChI=1S/C23H38N4O2/c1-23(2,3)20-19(11-8-14-29-20)16-26-22(24-4)25-13-12-17-9-7-10-18(15-17)21(28)27(5)6/h7,9-10,15,19-20H,8,11-14,16H2,1-6H3,(H2,24,25,26). The molecule has 2 unspecified atom stereocenters. The SMILES string of the molecule is CN=C(NCCc1cccc(C(=O)N(C)C)c1)NCC1CCCOC1C(C)(C)C. The van der Waals surface area contributed by atoms with Crippen LogP contribution in [-0.2, 0) is 11.2 Å². The molecule has 1 saturated heterocycles. The van der Waals surface area contributed by atoms with E-state index in [1.807, 2.05) is 18.2 Å². The summed E-state index contributed by atoms with van der Waals surface area (Å²) in [6.45, 7) is 9.22. The molecular weight excluding hydrogens is 364 g/mol. The first-order valence-corrected chi connectivity index (χ1v) is 10.6. The summed E-state index contributed by atoms with van der Waals surface area (Å²) in [6.07, 6.45) is 3.39. The molecular formula is C23H38N4O2. The van der Waals surface area contributed by atoms with Gasteiger partial charge in [0.05, 0.1) is 6.10 Å². The quantitative estimate of drug-likeness (QED) is 0.567. The van der Waals surface area contributed by atoms with Gasteiger partial charge in [0.1, 0.15) is 0 Å². The van der Waals surface area contributed by atoms with Crippen LogP contribution < -0.4 is 10.6 Å². The Bertz CT molecular complexity index is 694. The summed E-state index contributed by atoms with van der Waals surface area (Å²) < 4.78 is 6.08. The molecule has 29 heavy (non-hydrogen) atoms. The van der Waals surface area contributed by atoms with Gasteiger partial charge in [-0.1, -0.05) is 32.9 Å². The Labute approximate surface area is 176 Å². The number of nitrogens with zero attached hydrogens (tertiary/aromatic N) is 2. The Hall–Kier alpha value is -2.08. The van der Waals surface area contributed by atoms with Crippen molar-refractivity contribution in [2.24, 2.45) is 16.3 Å². The number of hydrogen-bond donors (Lipinski definition) is 2. The zero-order valence-corrected chi connectivity index (χ0v) is 18.9. The molecule has 6 nitrogen and oxygen atoms in total. The van der Waals surface area contributed by atoms with Crippen LogP contribution in [0.1, 0.15) is 49.5 Å². The van der Waals surface area contributed by atoms with Gasteiger partial charge in [-0.15, -0.1) is 0 Å². The molecule has 2 atom stereocenters. The predicted octanol–water partition coefficient (Wildman–Crippen LogP) is 2.94. The van der Waals surface area contributed by atoms with Crippen molar-refractivity contribution in [2.45, 2.75) is 46.1 Å². The van der Waals surface area contributed by atoms with Gasteiger partial charge in [-0.3, -0.25) is 9.79 Å². The van der Waals surface area contributed by atoms with E-state index in [9.17, 15) is 4.79 Å². The molecule has 0 saturated carbocycles. The maximum absolute atomic E-state index is 12.1. The van der Waals surface area contributed by atoms with Gasteiger partial charge in [0.15, 0.2) is 5.96 Å². The van der Waals surface area contributed by atoms with Gasteiger partial charge in [0, 0.05) is 52.3 Å². The zero-order valence-electron chi connectivity index (χ0n) is 18.9. The summed E-state index contributed by atoms with van der Waals surface area (Å²) in [4.78, 5) is 18.1. The van der Waals surface area contributed by atoms with Crippen molar-refractivity contribution in [2.75, 3.05) is 40.8 Å². The highest BCUT2D eigenvalue weighted by Crippen LogP contribution is 2.33. The van der Waals surface area contributed by atoms with Crippen molar-refractivity contribution >= 4 is 11.9 Å². The number of benzene rings is 1. The van der Waals surface area contributed by atoms with E-state index >= 15 is 0 Å². The molecule has 6 heteroatoms. The van der Waals surface area contributed by atoms with Gasteiger partial charge in [0.25, 0.3) is 5.91 Å². The minimum Gasteiger partial charge on any atom is -0.377 e. The monoisotopic (exact) mass is 402 g/mol. The molecule has 1 fully saturated rings. The van der Waals surface area contributed by atoms with Crippen LogP contribution in [0.5, 0.6) is 0 Å². The Balaban J connectivity index is 1.84. The van der Waals surface area contributed by atoms with Crippen LogP contribution in [0.15, 0.2) is 29.3 Å². The average Bonchev–Trinajstić information content (AvgIpc) is 2.69. The first-order chi connectivity index (χ1) is 13.7. The lowest BCUT2D eigenvalue weighted by molar-refractivity contribution is -0.0835. The van der Waals surface area contributed by atoms with Crippen molar-refractivity contribution in [1.82, 2.24) is 15.5 Å². The number of nitrogens with one attached hydrogen (secondary N) is 2. The first-order valence-electron chi connectivity index (χ1n) is 10.6. The summed E-state index contributed by atoms with van der Waals surface area (Å²) >= 11 is 0. The molecule has 162 valence electrons. The van der Waals surface area contributed by atoms with Crippen LogP contribution in [0.2, 0.25) is 0 Å². The second-order valence-corrected chi connectivity index (χ2v) is 9.09. The van der Waals surface area contributed by atoms with Crippen molar-refractivity contribution in [3.05, 3.63) is 35.4 Å². The Kier molecular flexibility index (Phi) is 8.50. The summed E-state index contributed by atoms with van der Waals surface area (Å²) in [6, 6.07) is 7.82. The summed E-state index contributed by atoms with van der Waals surface area (Å²) in [5.74, 6) is 1.32. The van der Waals surface area contributed by atoms with E-state index in [2.05, 4.69) is 42.5 Å². The maximum atomic E-state index is 12.1. The highest BCUT2D eigenvalue weighted by Gasteiger charge is 2.35. The smallest absolute Gasteiger partial charge is 0.253 e. The highest BCUT2D eigenvalue weighted by molar-refractivity contribution is 5.94. The van der Waals surface area contributed by atoms with E-state index in [0.29, 0.717) is 5.92 Å². The van der Waals surface area contributed by atoms with Gasteiger partial charge >= 0.3 is 0 Å². The molecule has 1 aliphatic heterocycles. The van der Waals surface area contributed by atoms with Crippen LogP contribution >= 0.6 is 0 Å². The number of ether oxygens (including phenoxy) is 1. The number of carbonyl (C=O) groups is 1. The molecule has 0 aliphatic carbocycles. The number of rotatable bonds is 6. The molecule has 0 radical (unpaired) electrons. The third-order valence-electron chi connectivity index (χ3n) is 5.34. The maximum Gasteiger partial charge on any atom is 0.253 e. The van der Waals surface area contributed by atoms with Crippen LogP contribution in [0, 0.1) is 11.3 Å². The van der Waals surface area contributed by atoms with E-state index < -0.39 is 0 Å². The van der Waals surface area contributed by atoms with Crippen molar-refractivity contribution in [3.8, 4) is 0 Å². The summed E-state index contributed by atoms with van der Waals surface area (Å²) in [5, 5.41) is 6.86. The third kappa shape index (κ3) is 7.03. The minimum absolute atomic E-state index is 0.0281. The molecule has 1 aliphatic rings. The lowest BCUT2D eigenvalue weighted by Crippen LogP contribution is -2.47. The molecule has 1 heterocycles. The Morgan fingerprint density at radius 2 is 2.03 bits per heavy atom. The lowest BCUT2D eigenvalue weighted by atomic mass is 9.78. The predicted molar refractivity (Wildman–Crippen MR) is 119 cm³/mol. The molecule has 0 bridgehead atoms. The molecule has 0 aromatic heterocycles. The number of aliphatic imine (C=N–C) groups is 1. The summed E-state index contributed by atoms with van der Waals surface area (Å²) in [5.41, 5.74) is 1.99. The summed E-state index contributed by atoms with van der Waals surface area (Å²) in [7, 11) is 5.34. The van der Waals surface area contributed by atoms with E-state index in [4.69, 9.17) is 4.74 Å². The van der Waals surface area contributed by atoms with Crippen molar-refractivity contribution in [3.63, 3.8) is 0 Å². The largest absolute Gasteiger partial charge is 0.377 e. The van der Waals surface area contributed by atoms with Gasteiger partial charge in [-0.05, 0) is 42.4 Å². The lowest BCUT2D eigenvalue weighted by Gasteiger charge is -2.40.